The van der Waals surface area contributed by atoms with Crippen molar-refractivity contribution in [1.82, 2.24) is 0 Å². The maximum absolute atomic E-state index is 11.0. The smallest absolute Gasteiger partial charge is 0.332 e. The summed E-state index contributed by atoms with van der Waals surface area (Å²) in [5.41, 5.74) is -2.75. The zero-order valence-corrected chi connectivity index (χ0v) is 8.41. The van der Waals surface area contributed by atoms with E-state index in [1.54, 1.807) is 0 Å². The number of rotatable bonds is 3. The number of allylic oxidation sites excluding steroid dienone is 1. The van der Waals surface area contributed by atoms with Crippen molar-refractivity contribution >= 4 is 21.0 Å². The van der Waals surface area contributed by atoms with Gasteiger partial charge in [-0.05, 0) is 19.9 Å². The summed E-state index contributed by atoms with van der Waals surface area (Å²) in [6, 6.07) is 0. The van der Waals surface area contributed by atoms with Crippen LogP contribution in [0.5, 0.6) is 0 Å². The average molecular weight is 222 g/mol. The second-order valence-corrected chi connectivity index (χ2v) is 4.02. The molecule has 0 fully saturated rings. The first-order chi connectivity index (χ1) is 6.14. The van der Waals surface area contributed by atoms with Gasteiger partial charge in [-0.25, -0.2) is 0 Å². The van der Waals surface area contributed by atoms with Crippen LogP contribution in [0.3, 0.4) is 0 Å². The molecule has 0 aromatic carbocycles. The van der Waals surface area contributed by atoms with Gasteiger partial charge in [0.25, 0.3) is 0 Å². The first kappa shape index (κ1) is 12.9. The van der Waals surface area contributed by atoms with Crippen LogP contribution in [0.4, 0.5) is 0 Å². The quantitative estimate of drug-likeness (QED) is 0.371. The fourth-order valence-corrected chi connectivity index (χ4v) is 1.27. The van der Waals surface area contributed by atoms with Crippen LogP contribution in [0.2, 0.25) is 0 Å². The summed E-state index contributed by atoms with van der Waals surface area (Å²) in [6.07, 6.45) is 2.07. The molecule has 1 atom stereocenters. The van der Waals surface area contributed by atoms with Crippen LogP contribution in [0, 0.1) is 0 Å². The molecule has 0 bridgehead atoms. The number of carbonyl (C=O) groups is 2. The second-order valence-electron chi connectivity index (χ2n) is 2.70. The molecule has 0 aliphatic rings. The van der Waals surface area contributed by atoms with E-state index in [9.17, 15) is 23.1 Å². The van der Waals surface area contributed by atoms with E-state index in [-0.39, 0.29) is 0 Å². The van der Waals surface area contributed by atoms with Gasteiger partial charge in [0.05, 0.1) is 0 Å². The largest absolute Gasteiger partial charge is 0.374 e. The highest BCUT2D eigenvalue weighted by Crippen LogP contribution is 2.11. The van der Waals surface area contributed by atoms with Gasteiger partial charge in [-0.15, -0.1) is 0 Å². The van der Waals surface area contributed by atoms with Crippen LogP contribution in [-0.4, -0.2) is 34.6 Å². The number of ketones is 1. The molecule has 0 aromatic rings. The zero-order valence-electron chi connectivity index (χ0n) is 7.59. The topological polar surface area (TPSA) is 109 Å². The molecule has 0 aromatic heterocycles. The van der Waals surface area contributed by atoms with Gasteiger partial charge in [0.2, 0.25) is 5.60 Å². The molecule has 0 amide bonds. The number of hydrogen-bond donors (Lipinski definition) is 2. The Bertz CT molecular complexity index is 375. The van der Waals surface area contributed by atoms with Crippen LogP contribution >= 0.6 is 0 Å². The SMILES string of the molecule is CC=CC(=O)C(C)(O)C(=O)S(=O)(=O)O. The highest BCUT2D eigenvalue weighted by atomic mass is 32.2. The summed E-state index contributed by atoms with van der Waals surface area (Å²) in [6.45, 7) is 2.15. The van der Waals surface area contributed by atoms with Crippen LogP contribution in [0.1, 0.15) is 13.8 Å². The van der Waals surface area contributed by atoms with E-state index in [0.717, 1.165) is 6.08 Å². The minimum Gasteiger partial charge on any atom is -0.374 e. The lowest BCUT2D eigenvalue weighted by molar-refractivity contribution is -0.141. The summed E-state index contributed by atoms with van der Waals surface area (Å²) in [7, 11) is -5.07. The van der Waals surface area contributed by atoms with Crippen molar-refractivity contribution in [3.05, 3.63) is 12.2 Å². The van der Waals surface area contributed by atoms with Crippen molar-refractivity contribution in [2.24, 2.45) is 0 Å². The predicted octanol–water partition coefficient (Wildman–Crippen LogP) is -0.703. The van der Waals surface area contributed by atoms with Crippen molar-refractivity contribution < 1.29 is 27.7 Å². The summed E-state index contributed by atoms with van der Waals surface area (Å²) < 4.78 is 29.0. The molecule has 80 valence electrons. The van der Waals surface area contributed by atoms with Gasteiger partial charge in [-0.3, -0.25) is 14.1 Å². The fourth-order valence-electron chi connectivity index (χ4n) is 0.665. The molecular weight excluding hydrogens is 212 g/mol. The highest BCUT2D eigenvalue weighted by molar-refractivity contribution is 8.01. The lowest BCUT2D eigenvalue weighted by Crippen LogP contribution is -2.46. The third-order valence-electron chi connectivity index (χ3n) is 1.43. The van der Waals surface area contributed by atoms with Gasteiger partial charge in [-0.1, -0.05) is 6.08 Å². The Morgan fingerprint density at radius 1 is 1.36 bits per heavy atom. The van der Waals surface area contributed by atoms with E-state index in [2.05, 4.69) is 0 Å². The molecule has 6 nitrogen and oxygen atoms in total. The van der Waals surface area contributed by atoms with Gasteiger partial charge in [0.15, 0.2) is 5.78 Å². The van der Waals surface area contributed by atoms with Crippen LogP contribution in [0.25, 0.3) is 0 Å². The second kappa shape index (κ2) is 3.99. The van der Waals surface area contributed by atoms with Gasteiger partial charge < -0.3 is 5.11 Å². The maximum Gasteiger partial charge on any atom is 0.332 e. The Morgan fingerprint density at radius 3 is 2.07 bits per heavy atom. The number of carbonyl (C=O) groups excluding carboxylic acids is 2. The van der Waals surface area contributed by atoms with Crippen molar-refractivity contribution in [1.29, 1.82) is 0 Å². The molecule has 0 spiro atoms. The van der Waals surface area contributed by atoms with Gasteiger partial charge in [-0.2, -0.15) is 8.42 Å². The molecule has 0 aliphatic carbocycles. The molecule has 2 N–H and O–H groups in total. The van der Waals surface area contributed by atoms with E-state index in [0.29, 0.717) is 6.92 Å². The maximum atomic E-state index is 11.0. The van der Waals surface area contributed by atoms with E-state index in [1.807, 2.05) is 0 Å². The fraction of sp³-hybridized carbons (Fsp3) is 0.429. The van der Waals surface area contributed by atoms with Gasteiger partial charge in [0.1, 0.15) is 0 Å². The number of hydrogen-bond acceptors (Lipinski definition) is 5. The molecule has 7 heteroatoms. The first-order valence-electron chi connectivity index (χ1n) is 3.55. The predicted molar refractivity (Wildman–Crippen MR) is 47.0 cm³/mol. The minimum absolute atomic E-state index is 0.700. The third kappa shape index (κ3) is 2.72. The molecule has 0 heterocycles. The number of aliphatic hydroxyl groups is 1. The molecule has 0 saturated carbocycles. The van der Waals surface area contributed by atoms with Crippen molar-refractivity contribution in [3.8, 4) is 0 Å². The van der Waals surface area contributed by atoms with Crippen molar-refractivity contribution in [2.75, 3.05) is 0 Å². The van der Waals surface area contributed by atoms with E-state index >= 15 is 0 Å². The first-order valence-corrected chi connectivity index (χ1v) is 4.99. The molecule has 0 aliphatic heterocycles. The van der Waals surface area contributed by atoms with Crippen LogP contribution in [0.15, 0.2) is 12.2 Å². The lowest BCUT2D eigenvalue weighted by atomic mass is 10.0. The molecule has 1 unspecified atom stereocenters. The minimum atomic E-state index is -5.07. The molecule has 14 heavy (non-hydrogen) atoms. The Kier molecular flexibility index (Phi) is 3.69. The van der Waals surface area contributed by atoms with Crippen molar-refractivity contribution in [3.63, 3.8) is 0 Å². The van der Waals surface area contributed by atoms with Crippen LogP contribution in [-0.2, 0) is 19.7 Å². The summed E-state index contributed by atoms with van der Waals surface area (Å²) >= 11 is 0. The standard InChI is InChI=1S/C7H10O6S/c1-3-4-5(8)7(2,10)6(9)14(11,12)13/h3-4,10H,1-2H3,(H,11,12,13). The Balaban J connectivity index is 5.18. The third-order valence-corrected chi connectivity index (χ3v) is 2.30. The summed E-state index contributed by atoms with van der Waals surface area (Å²) in [5, 5.41) is 7.29. The van der Waals surface area contributed by atoms with E-state index in [1.165, 1.54) is 13.0 Å². The summed E-state index contributed by atoms with van der Waals surface area (Å²) in [5.74, 6) is -1.11. The molecule has 0 rings (SSSR count). The molecule has 0 saturated heterocycles. The monoisotopic (exact) mass is 222 g/mol. The van der Waals surface area contributed by atoms with E-state index in [4.69, 9.17) is 4.55 Å². The lowest BCUT2D eigenvalue weighted by Gasteiger charge is -2.15. The summed E-state index contributed by atoms with van der Waals surface area (Å²) in [4.78, 5) is 21.9. The highest BCUT2D eigenvalue weighted by Gasteiger charge is 2.44. The normalized spacial score (nSPS) is 16.6. The van der Waals surface area contributed by atoms with Crippen LogP contribution < -0.4 is 0 Å². The van der Waals surface area contributed by atoms with Gasteiger partial charge >= 0.3 is 15.2 Å². The van der Waals surface area contributed by atoms with E-state index < -0.39 is 26.6 Å². The Morgan fingerprint density at radius 2 is 1.79 bits per heavy atom. The molecular formula is C7H10O6S. The Labute approximate surface area is 81.0 Å². The molecule has 0 radical (unpaired) electrons. The zero-order chi connectivity index (χ0) is 11.6. The van der Waals surface area contributed by atoms with Gasteiger partial charge in [0, 0.05) is 0 Å². The van der Waals surface area contributed by atoms with Crippen molar-refractivity contribution in [2.45, 2.75) is 19.4 Å². The average Bonchev–Trinajstić information content (AvgIpc) is 2.01. The Hall–Kier alpha value is -1.05.